The molecule has 20 heavy (non-hydrogen) atoms. The third-order valence-corrected chi connectivity index (χ3v) is 4.65. The molecule has 1 nitrogen and oxygen atoms in total. The predicted octanol–water partition coefficient (Wildman–Crippen LogP) is 4.56. The maximum atomic E-state index is 13.0. The van der Waals surface area contributed by atoms with Gasteiger partial charge in [-0.15, -0.1) is 0 Å². The van der Waals surface area contributed by atoms with Crippen LogP contribution in [0.2, 0.25) is 0 Å². The molecule has 0 heterocycles. The van der Waals surface area contributed by atoms with Crippen molar-refractivity contribution in [1.29, 1.82) is 0 Å². The number of hydrogen-bond acceptors (Lipinski definition) is 1. The molecule has 1 aliphatic carbocycles. The summed E-state index contributed by atoms with van der Waals surface area (Å²) in [6.45, 7) is 5.66. The molecule has 1 aliphatic rings. The lowest BCUT2D eigenvalue weighted by molar-refractivity contribution is 0.229. The van der Waals surface area contributed by atoms with Crippen molar-refractivity contribution in [3.63, 3.8) is 0 Å². The molecule has 1 saturated carbocycles. The fourth-order valence-electron chi connectivity index (χ4n) is 3.30. The summed E-state index contributed by atoms with van der Waals surface area (Å²) in [5.41, 5.74) is 1.25. The number of hydrogen-bond donors (Lipinski definition) is 1. The number of benzene rings is 1. The van der Waals surface area contributed by atoms with Crippen molar-refractivity contribution in [1.82, 2.24) is 5.32 Å². The SMILES string of the molecule is CCCNC(Cc1ccc(F)cc1)C1CCC(C)CC1. The average Bonchev–Trinajstić information content (AvgIpc) is 2.46. The Morgan fingerprint density at radius 2 is 1.80 bits per heavy atom. The van der Waals surface area contributed by atoms with E-state index in [-0.39, 0.29) is 5.82 Å². The molecule has 0 aromatic heterocycles. The molecule has 0 amide bonds. The van der Waals surface area contributed by atoms with Crippen LogP contribution in [0.4, 0.5) is 4.39 Å². The Kier molecular flexibility index (Phi) is 6.03. The standard InChI is InChI=1S/C18H28FN/c1-3-12-20-18(16-8-4-14(2)5-9-16)13-15-6-10-17(19)11-7-15/h6-7,10-11,14,16,18,20H,3-5,8-9,12-13H2,1-2H3. The summed E-state index contributed by atoms with van der Waals surface area (Å²) >= 11 is 0. The molecule has 112 valence electrons. The minimum absolute atomic E-state index is 0.140. The largest absolute Gasteiger partial charge is 0.313 e. The first-order valence-corrected chi connectivity index (χ1v) is 8.17. The first kappa shape index (κ1) is 15.5. The number of rotatable bonds is 6. The topological polar surface area (TPSA) is 12.0 Å². The van der Waals surface area contributed by atoms with E-state index in [1.165, 1.54) is 37.7 Å². The van der Waals surface area contributed by atoms with E-state index < -0.39 is 0 Å². The van der Waals surface area contributed by atoms with Gasteiger partial charge in [-0.3, -0.25) is 0 Å². The second kappa shape index (κ2) is 7.78. The van der Waals surface area contributed by atoms with Crippen molar-refractivity contribution >= 4 is 0 Å². The Labute approximate surface area is 123 Å². The Bertz CT molecular complexity index is 379. The van der Waals surface area contributed by atoms with E-state index in [9.17, 15) is 4.39 Å². The summed E-state index contributed by atoms with van der Waals surface area (Å²) in [4.78, 5) is 0. The first-order chi connectivity index (χ1) is 9.69. The smallest absolute Gasteiger partial charge is 0.123 e. The van der Waals surface area contributed by atoms with Gasteiger partial charge in [0.05, 0.1) is 0 Å². The van der Waals surface area contributed by atoms with Gasteiger partial charge in [-0.1, -0.05) is 38.8 Å². The molecule has 2 heteroatoms. The quantitative estimate of drug-likeness (QED) is 0.803. The van der Waals surface area contributed by atoms with E-state index in [0.717, 1.165) is 24.8 Å². The molecule has 0 spiro atoms. The zero-order chi connectivity index (χ0) is 14.4. The Balaban J connectivity index is 1.97. The molecule has 0 saturated heterocycles. The summed E-state index contributed by atoms with van der Waals surface area (Å²) in [7, 11) is 0. The highest BCUT2D eigenvalue weighted by molar-refractivity contribution is 5.17. The van der Waals surface area contributed by atoms with Crippen LogP contribution in [0.5, 0.6) is 0 Å². The lowest BCUT2D eigenvalue weighted by Gasteiger charge is -2.33. The molecule has 2 rings (SSSR count). The Morgan fingerprint density at radius 3 is 2.40 bits per heavy atom. The van der Waals surface area contributed by atoms with Crippen LogP contribution < -0.4 is 5.32 Å². The van der Waals surface area contributed by atoms with Gasteiger partial charge in [0.1, 0.15) is 5.82 Å². The molecule has 0 aliphatic heterocycles. The van der Waals surface area contributed by atoms with Gasteiger partial charge in [0.25, 0.3) is 0 Å². The lowest BCUT2D eigenvalue weighted by atomic mass is 9.77. The fraction of sp³-hybridized carbons (Fsp3) is 0.667. The predicted molar refractivity (Wildman–Crippen MR) is 83.3 cm³/mol. The monoisotopic (exact) mass is 277 g/mol. The summed E-state index contributed by atoms with van der Waals surface area (Å²) in [5.74, 6) is 1.53. The minimum atomic E-state index is -0.140. The van der Waals surface area contributed by atoms with Gasteiger partial charge in [0.15, 0.2) is 0 Å². The number of halogens is 1. The molecule has 1 aromatic carbocycles. The molecule has 0 bridgehead atoms. The van der Waals surface area contributed by atoms with Crippen molar-refractivity contribution in [2.75, 3.05) is 6.54 Å². The lowest BCUT2D eigenvalue weighted by Crippen LogP contribution is -2.40. The third-order valence-electron chi connectivity index (χ3n) is 4.65. The molecule has 1 atom stereocenters. The maximum Gasteiger partial charge on any atom is 0.123 e. The van der Waals surface area contributed by atoms with Crippen molar-refractivity contribution in [3.8, 4) is 0 Å². The zero-order valence-corrected chi connectivity index (χ0v) is 12.9. The second-order valence-electron chi connectivity index (χ2n) is 6.41. The molecule has 1 fully saturated rings. The molecule has 1 N–H and O–H groups in total. The second-order valence-corrected chi connectivity index (χ2v) is 6.41. The van der Waals surface area contributed by atoms with Crippen molar-refractivity contribution in [2.45, 2.75) is 58.4 Å². The van der Waals surface area contributed by atoms with Crippen LogP contribution in [0.15, 0.2) is 24.3 Å². The van der Waals surface area contributed by atoms with Crippen molar-refractivity contribution in [2.24, 2.45) is 11.8 Å². The van der Waals surface area contributed by atoms with Gasteiger partial charge in [-0.05, 0) is 61.8 Å². The normalized spacial score (nSPS) is 24.6. The van der Waals surface area contributed by atoms with Crippen LogP contribution in [-0.2, 0) is 6.42 Å². The van der Waals surface area contributed by atoms with E-state index >= 15 is 0 Å². The van der Waals surface area contributed by atoms with Crippen LogP contribution >= 0.6 is 0 Å². The highest BCUT2D eigenvalue weighted by Crippen LogP contribution is 2.31. The molecule has 1 unspecified atom stereocenters. The van der Waals surface area contributed by atoms with E-state index in [1.807, 2.05) is 12.1 Å². The van der Waals surface area contributed by atoms with Gasteiger partial charge < -0.3 is 5.32 Å². The third kappa shape index (κ3) is 4.59. The van der Waals surface area contributed by atoms with E-state index in [4.69, 9.17) is 0 Å². The molecule has 1 aromatic rings. The van der Waals surface area contributed by atoms with Gasteiger partial charge >= 0.3 is 0 Å². The maximum absolute atomic E-state index is 13.0. The molecule has 0 radical (unpaired) electrons. The van der Waals surface area contributed by atoms with Gasteiger partial charge in [-0.25, -0.2) is 4.39 Å². The summed E-state index contributed by atoms with van der Waals surface area (Å²) in [5, 5.41) is 3.72. The molecular weight excluding hydrogens is 249 g/mol. The summed E-state index contributed by atoms with van der Waals surface area (Å²) in [6, 6.07) is 7.57. The van der Waals surface area contributed by atoms with Crippen LogP contribution in [0.3, 0.4) is 0 Å². The highest BCUT2D eigenvalue weighted by Gasteiger charge is 2.25. The fourth-order valence-corrected chi connectivity index (χ4v) is 3.30. The summed E-state index contributed by atoms with van der Waals surface area (Å²) in [6.07, 6.45) is 7.59. The average molecular weight is 277 g/mol. The van der Waals surface area contributed by atoms with Gasteiger partial charge in [0, 0.05) is 6.04 Å². The highest BCUT2D eigenvalue weighted by atomic mass is 19.1. The van der Waals surface area contributed by atoms with E-state index in [0.29, 0.717) is 6.04 Å². The summed E-state index contributed by atoms with van der Waals surface area (Å²) < 4.78 is 13.0. The van der Waals surface area contributed by atoms with Crippen molar-refractivity contribution in [3.05, 3.63) is 35.6 Å². The van der Waals surface area contributed by atoms with E-state index in [1.54, 1.807) is 12.1 Å². The van der Waals surface area contributed by atoms with Crippen LogP contribution in [0.25, 0.3) is 0 Å². The van der Waals surface area contributed by atoms with Gasteiger partial charge in [-0.2, -0.15) is 0 Å². The van der Waals surface area contributed by atoms with Gasteiger partial charge in [0.2, 0.25) is 0 Å². The molecular formula is C18H28FN. The minimum Gasteiger partial charge on any atom is -0.313 e. The zero-order valence-electron chi connectivity index (χ0n) is 12.9. The van der Waals surface area contributed by atoms with Crippen LogP contribution in [-0.4, -0.2) is 12.6 Å². The first-order valence-electron chi connectivity index (χ1n) is 8.17. The Morgan fingerprint density at radius 1 is 1.15 bits per heavy atom. The number of nitrogens with one attached hydrogen (secondary N) is 1. The Hall–Kier alpha value is -0.890. The van der Waals surface area contributed by atoms with Crippen molar-refractivity contribution < 1.29 is 4.39 Å². The van der Waals surface area contributed by atoms with E-state index in [2.05, 4.69) is 19.2 Å². The van der Waals surface area contributed by atoms with Crippen LogP contribution in [0.1, 0.15) is 51.5 Å². The van der Waals surface area contributed by atoms with Crippen LogP contribution in [0, 0.1) is 17.7 Å².